The molecule has 1 saturated carbocycles. The molecule has 3 aromatic rings. The number of hydrogen-bond acceptors (Lipinski definition) is 5. The Morgan fingerprint density at radius 3 is 2.39 bits per heavy atom. The third-order valence-corrected chi connectivity index (χ3v) is 8.03. The standard InChI is InChI=1S/C29H33N3O3S/c33-28(21-11-5-2-6-12-21)31-26(17-20-9-3-1-4-10-20)29(34)30-25-15-7-14-24-23(25)13-8-16-27(24)36-32-22-18-35-19-22/h1,3-4,7-10,13-16,21-22,26,32H,2,5-6,11-12,17-19H2,(H,30,34)(H,31,33)/t26-/m0/s1. The molecule has 1 aliphatic carbocycles. The lowest BCUT2D eigenvalue weighted by atomic mass is 9.88. The van der Waals surface area contributed by atoms with Gasteiger partial charge in [0, 0.05) is 28.3 Å². The minimum Gasteiger partial charge on any atom is -0.378 e. The molecule has 3 aromatic carbocycles. The summed E-state index contributed by atoms with van der Waals surface area (Å²) in [6.45, 7) is 1.46. The van der Waals surface area contributed by atoms with Crippen LogP contribution in [0, 0.1) is 5.92 Å². The maximum absolute atomic E-state index is 13.6. The summed E-state index contributed by atoms with van der Waals surface area (Å²) in [4.78, 5) is 27.7. The first-order valence-electron chi connectivity index (χ1n) is 12.8. The molecule has 188 valence electrons. The lowest BCUT2D eigenvalue weighted by molar-refractivity contribution is -0.130. The molecule has 1 heterocycles. The van der Waals surface area contributed by atoms with E-state index in [-0.39, 0.29) is 17.7 Å². The highest BCUT2D eigenvalue weighted by Gasteiger charge is 2.27. The topological polar surface area (TPSA) is 79.5 Å². The molecular weight excluding hydrogens is 470 g/mol. The summed E-state index contributed by atoms with van der Waals surface area (Å²) in [5.74, 6) is -0.206. The second-order valence-corrected chi connectivity index (χ2v) is 10.6. The van der Waals surface area contributed by atoms with Crippen LogP contribution in [-0.4, -0.2) is 37.1 Å². The number of hydrogen-bond donors (Lipinski definition) is 3. The minimum atomic E-state index is -0.644. The molecule has 0 spiro atoms. The van der Waals surface area contributed by atoms with Gasteiger partial charge >= 0.3 is 0 Å². The van der Waals surface area contributed by atoms with Gasteiger partial charge in [-0.15, -0.1) is 0 Å². The van der Waals surface area contributed by atoms with E-state index in [4.69, 9.17) is 4.74 Å². The molecule has 3 N–H and O–H groups in total. The van der Waals surface area contributed by atoms with E-state index in [2.05, 4.69) is 27.5 Å². The maximum atomic E-state index is 13.6. The van der Waals surface area contributed by atoms with E-state index >= 15 is 0 Å². The van der Waals surface area contributed by atoms with Gasteiger partial charge in [0.05, 0.1) is 19.3 Å². The quantitative estimate of drug-likeness (QED) is 0.355. The molecular formula is C29H33N3O3S. The Bertz CT molecular complexity index is 1190. The monoisotopic (exact) mass is 503 g/mol. The molecule has 0 radical (unpaired) electrons. The number of carbonyl (C=O) groups excluding carboxylic acids is 2. The van der Waals surface area contributed by atoms with Gasteiger partial charge in [-0.3, -0.25) is 14.3 Å². The summed E-state index contributed by atoms with van der Waals surface area (Å²) in [7, 11) is 0. The van der Waals surface area contributed by atoms with Crippen molar-refractivity contribution < 1.29 is 14.3 Å². The van der Waals surface area contributed by atoms with E-state index in [1.54, 1.807) is 11.9 Å². The summed E-state index contributed by atoms with van der Waals surface area (Å²) >= 11 is 1.59. The highest BCUT2D eigenvalue weighted by molar-refractivity contribution is 7.97. The maximum Gasteiger partial charge on any atom is 0.247 e. The number of amides is 2. The van der Waals surface area contributed by atoms with Gasteiger partial charge in [0.25, 0.3) is 0 Å². The van der Waals surface area contributed by atoms with Crippen LogP contribution < -0.4 is 15.4 Å². The van der Waals surface area contributed by atoms with E-state index in [9.17, 15) is 9.59 Å². The molecule has 7 heteroatoms. The van der Waals surface area contributed by atoms with Crippen molar-refractivity contribution in [2.45, 2.75) is 55.5 Å². The number of benzene rings is 3. The molecule has 0 aromatic heterocycles. The summed E-state index contributed by atoms with van der Waals surface area (Å²) in [6, 6.07) is 21.6. The highest BCUT2D eigenvalue weighted by Crippen LogP contribution is 2.31. The number of ether oxygens (including phenoxy) is 1. The first-order valence-corrected chi connectivity index (χ1v) is 13.7. The van der Waals surface area contributed by atoms with E-state index in [1.807, 2.05) is 54.6 Å². The van der Waals surface area contributed by atoms with Crippen LogP contribution in [-0.2, 0) is 20.7 Å². The van der Waals surface area contributed by atoms with Crippen LogP contribution in [0.4, 0.5) is 5.69 Å². The fourth-order valence-corrected chi connectivity index (χ4v) is 5.73. The Balaban J connectivity index is 1.34. The van der Waals surface area contributed by atoms with Crippen LogP contribution in [0.5, 0.6) is 0 Å². The average molecular weight is 504 g/mol. The fraction of sp³-hybridized carbons (Fsp3) is 0.379. The zero-order chi connectivity index (χ0) is 24.7. The molecule has 2 amide bonds. The third kappa shape index (κ3) is 6.09. The summed E-state index contributed by atoms with van der Waals surface area (Å²) < 4.78 is 8.69. The molecule has 1 aliphatic heterocycles. The van der Waals surface area contributed by atoms with Gasteiger partial charge in [-0.2, -0.15) is 0 Å². The molecule has 1 atom stereocenters. The normalized spacial score (nSPS) is 17.3. The van der Waals surface area contributed by atoms with Crippen molar-refractivity contribution >= 4 is 40.2 Å². The first-order chi connectivity index (χ1) is 17.7. The van der Waals surface area contributed by atoms with Gasteiger partial charge in [-0.1, -0.05) is 73.9 Å². The molecule has 36 heavy (non-hydrogen) atoms. The number of rotatable bonds is 9. The average Bonchev–Trinajstić information content (AvgIpc) is 2.89. The van der Waals surface area contributed by atoms with Gasteiger partial charge in [-0.25, -0.2) is 0 Å². The molecule has 2 aliphatic rings. The van der Waals surface area contributed by atoms with Crippen molar-refractivity contribution in [1.82, 2.24) is 10.0 Å². The Morgan fingerprint density at radius 1 is 0.889 bits per heavy atom. The summed E-state index contributed by atoms with van der Waals surface area (Å²) in [5, 5.41) is 8.25. The second-order valence-electron chi connectivity index (χ2n) is 9.69. The van der Waals surface area contributed by atoms with Crippen LogP contribution >= 0.6 is 11.9 Å². The van der Waals surface area contributed by atoms with Crippen LogP contribution in [0.25, 0.3) is 10.8 Å². The Morgan fingerprint density at radius 2 is 1.64 bits per heavy atom. The predicted octanol–water partition coefficient (Wildman–Crippen LogP) is 5.08. The Labute approximate surface area is 216 Å². The number of anilines is 1. The molecule has 0 unspecified atom stereocenters. The van der Waals surface area contributed by atoms with Crippen LogP contribution in [0.15, 0.2) is 71.6 Å². The van der Waals surface area contributed by atoms with E-state index in [0.29, 0.717) is 12.5 Å². The van der Waals surface area contributed by atoms with Gasteiger partial charge < -0.3 is 15.4 Å². The summed E-state index contributed by atoms with van der Waals surface area (Å²) in [5.41, 5.74) is 1.76. The van der Waals surface area contributed by atoms with E-state index < -0.39 is 6.04 Å². The second kappa shape index (κ2) is 11.9. The van der Waals surface area contributed by atoms with Crippen molar-refractivity contribution in [3.05, 3.63) is 72.3 Å². The molecule has 6 nitrogen and oxygen atoms in total. The zero-order valence-electron chi connectivity index (χ0n) is 20.4. The number of nitrogens with one attached hydrogen (secondary N) is 3. The summed E-state index contributed by atoms with van der Waals surface area (Å²) in [6.07, 6.45) is 5.58. The molecule has 5 rings (SSSR count). The Hall–Kier alpha value is -2.87. The molecule has 1 saturated heterocycles. The van der Waals surface area contributed by atoms with Gasteiger partial charge in [0.1, 0.15) is 6.04 Å². The van der Waals surface area contributed by atoms with Crippen LogP contribution in [0.1, 0.15) is 37.7 Å². The van der Waals surface area contributed by atoms with Gasteiger partial charge in [-0.05, 0) is 47.9 Å². The SMILES string of the molecule is O=C(N[C@@H](Cc1ccccc1)C(=O)Nc1cccc2c(SNC3COC3)cccc12)C1CCCCC1. The van der Waals surface area contributed by atoms with E-state index in [0.717, 1.165) is 65.8 Å². The van der Waals surface area contributed by atoms with E-state index in [1.165, 1.54) is 6.42 Å². The van der Waals surface area contributed by atoms with Crippen molar-refractivity contribution in [2.75, 3.05) is 18.5 Å². The van der Waals surface area contributed by atoms with Gasteiger partial charge in [0.2, 0.25) is 11.8 Å². The lowest BCUT2D eigenvalue weighted by Gasteiger charge is -2.26. The highest BCUT2D eigenvalue weighted by atomic mass is 32.2. The van der Waals surface area contributed by atoms with Crippen molar-refractivity contribution in [1.29, 1.82) is 0 Å². The number of fused-ring (bicyclic) bond motifs is 1. The lowest BCUT2D eigenvalue weighted by Crippen LogP contribution is -2.47. The third-order valence-electron chi connectivity index (χ3n) is 7.01. The van der Waals surface area contributed by atoms with Crippen LogP contribution in [0.2, 0.25) is 0 Å². The minimum absolute atomic E-state index is 0.00414. The largest absolute Gasteiger partial charge is 0.378 e. The molecule has 0 bridgehead atoms. The van der Waals surface area contributed by atoms with Crippen molar-refractivity contribution in [3.63, 3.8) is 0 Å². The fourth-order valence-electron chi connectivity index (χ4n) is 4.86. The van der Waals surface area contributed by atoms with Crippen LogP contribution in [0.3, 0.4) is 0 Å². The Kier molecular flexibility index (Phi) is 8.21. The first kappa shape index (κ1) is 24.8. The van der Waals surface area contributed by atoms with Gasteiger partial charge in [0.15, 0.2) is 0 Å². The smallest absolute Gasteiger partial charge is 0.247 e. The van der Waals surface area contributed by atoms with Crippen molar-refractivity contribution in [3.8, 4) is 0 Å². The number of carbonyl (C=O) groups is 2. The predicted molar refractivity (Wildman–Crippen MR) is 145 cm³/mol. The molecule has 2 fully saturated rings. The zero-order valence-corrected chi connectivity index (χ0v) is 21.2. The van der Waals surface area contributed by atoms with Crippen molar-refractivity contribution in [2.24, 2.45) is 5.92 Å².